The molecule has 2 fully saturated rings. The average molecular weight is 291 g/mol. The van der Waals surface area contributed by atoms with Gasteiger partial charge in [-0.1, -0.05) is 6.42 Å². The highest BCUT2D eigenvalue weighted by molar-refractivity contribution is 5.85. The molecule has 19 heavy (non-hydrogen) atoms. The molecule has 0 radical (unpaired) electrons. The third kappa shape index (κ3) is 4.33. The monoisotopic (exact) mass is 290 g/mol. The molecule has 1 heterocycles. The van der Waals surface area contributed by atoms with Crippen LogP contribution >= 0.6 is 12.4 Å². The number of hydrogen-bond donors (Lipinski definition) is 1. The van der Waals surface area contributed by atoms with E-state index >= 15 is 0 Å². The summed E-state index contributed by atoms with van der Waals surface area (Å²) in [7, 11) is 0. The minimum atomic E-state index is -0.232. The molecule has 112 valence electrons. The molecule has 1 amide bonds. The van der Waals surface area contributed by atoms with Crippen molar-refractivity contribution in [2.45, 2.75) is 64.2 Å². The van der Waals surface area contributed by atoms with E-state index in [1.807, 2.05) is 11.8 Å². The fraction of sp³-hybridized carbons (Fsp3) is 0.929. The van der Waals surface area contributed by atoms with Crippen LogP contribution in [0.15, 0.2) is 0 Å². The number of rotatable bonds is 1. The lowest BCUT2D eigenvalue weighted by molar-refractivity contribution is -0.162. The number of amides is 1. The molecule has 0 aromatic heterocycles. The smallest absolute Gasteiger partial charge is 0.225 e. The summed E-state index contributed by atoms with van der Waals surface area (Å²) in [4.78, 5) is 14.5. The maximum absolute atomic E-state index is 12.5. The molecule has 3 atom stereocenters. The predicted octanol–water partition coefficient (Wildman–Crippen LogP) is 1.95. The van der Waals surface area contributed by atoms with Gasteiger partial charge in [-0.15, -0.1) is 12.4 Å². The molecule has 0 aromatic rings. The molecular formula is C14H27ClN2O2. The quantitative estimate of drug-likeness (QED) is 0.803. The number of morpholine rings is 1. The number of hydrogen-bond acceptors (Lipinski definition) is 3. The van der Waals surface area contributed by atoms with Crippen LogP contribution in [0.3, 0.4) is 0 Å². The third-order valence-corrected chi connectivity index (χ3v) is 3.95. The zero-order chi connectivity index (χ0) is 13.3. The van der Waals surface area contributed by atoms with Gasteiger partial charge in [-0.25, -0.2) is 0 Å². The molecule has 0 bridgehead atoms. The maximum Gasteiger partial charge on any atom is 0.225 e. The molecule has 0 spiro atoms. The van der Waals surface area contributed by atoms with E-state index in [1.165, 1.54) is 0 Å². The summed E-state index contributed by atoms with van der Waals surface area (Å²) >= 11 is 0. The lowest BCUT2D eigenvalue weighted by Gasteiger charge is -2.43. The van der Waals surface area contributed by atoms with Crippen LogP contribution in [-0.4, -0.2) is 41.6 Å². The molecule has 1 saturated carbocycles. The summed E-state index contributed by atoms with van der Waals surface area (Å²) in [6, 6.07) is 0.208. The minimum absolute atomic E-state index is 0. The van der Waals surface area contributed by atoms with E-state index in [1.54, 1.807) is 0 Å². The summed E-state index contributed by atoms with van der Waals surface area (Å²) in [6.07, 6.45) is 4.12. The van der Waals surface area contributed by atoms with Crippen LogP contribution in [-0.2, 0) is 9.53 Å². The van der Waals surface area contributed by atoms with Crippen molar-refractivity contribution >= 4 is 18.3 Å². The zero-order valence-corrected chi connectivity index (χ0v) is 13.0. The average Bonchev–Trinajstić information content (AvgIpc) is 2.25. The van der Waals surface area contributed by atoms with Crippen molar-refractivity contribution in [1.29, 1.82) is 0 Å². The van der Waals surface area contributed by atoms with Crippen LogP contribution in [0, 0.1) is 5.92 Å². The van der Waals surface area contributed by atoms with Gasteiger partial charge in [0.05, 0.1) is 11.7 Å². The Balaban J connectivity index is 0.00000180. The number of nitrogens with zero attached hydrogens (tertiary/aromatic N) is 1. The molecule has 1 aliphatic carbocycles. The Hall–Kier alpha value is -0.320. The Morgan fingerprint density at radius 1 is 1.37 bits per heavy atom. The van der Waals surface area contributed by atoms with E-state index in [0.29, 0.717) is 13.1 Å². The highest BCUT2D eigenvalue weighted by Gasteiger charge is 2.37. The second-order valence-corrected chi connectivity index (χ2v) is 6.53. The highest BCUT2D eigenvalue weighted by atomic mass is 35.5. The molecule has 2 aliphatic rings. The van der Waals surface area contributed by atoms with Gasteiger partial charge in [-0.3, -0.25) is 4.79 Å². The van der Waals surface area contributed by atoms with E-state index in [2.05, 4.69) is 13.8 Å². The summed E-state index contributed by atoms with van der Waals surface area (Å²) in [6.45, 7) is 7.55. The Labute approximate surface area is 122 Å². The summed E-state index contributed by atoms with van der Waals surface area (Å²) < 4.78 is 5.84. The fourth-order valence-corrected chi connectivity index (χ4v) is 3.33. The van der Waals surface area contributed by atoms with E-state index in [9.17, 15) is 4.79 Å². The molecular weight excluding hydrogens is 264 g/mol. The first-order chi connectivity index (χ1) is 8.37. The molecule has 0 aromatic carbocycles. The maximum atomic E-state index is 12.5. The standard InChI is InChI=1S/C14H26N2O2.ClH/c1-10-8-16(9-14(2,3)18-10)13(17)11-5-4-6-12(15)7-11;/h10-12H,4-9,15H2,1-3H3;1H. The van der Waals surface area contributed by atoms with Crippen LogP contribution in [0.25, 0.3) is 0 Å². The second kappa shape index (κ2) is 6.42. The predicted molar refractivity (Wildman–Crippen MR) is 78.4 cm³/mol. The van der Waals surface area contributed by atoms with Gasteiger partial charge in [0.25, 0.3) is 0 Å². The highest BCUT2D eigenvalue weighted by Crippen LogP contribution is 2.28. The topological polar surface area (TPSA) is 55.6 Å². The van der Waals surface area contributed by atoms with Crippen LogP contribution in [0.2, 0.25) is 0 Å². The van der Waals surface area contributed by atoms with Crippen molar-refractivity contribution in [2.24, 2.45) is 11.7 Å². The number of nitrogens with two attached hydrogens (primary N) is 1. The van der Waals surface area contributed by atoms with Gasteiger partial charge in [-0.05, 0) is 40.0 Å². The number of halogens is 1. The second-order valence-electron chi connectivity index (χ2n) is 6.53. The Bertz CT molecular complexity index is 323. The molecule has 1 saturated heterocycles. The molecule has 2 N–H and O–H groups in total. The molecule has 1 aliphatic heterocycles. The number of carbonyl (C=O) groups excluding carboxylic acids is 1. The summed E-state index contributed by atoms with van der Waals surface area (Å²) in [5, 5.41) is 0. The van der Waals surface area contributed by atoms with Gasteiger partial charge >= 0.3 is 0 Å². The van der Waals surface area contributed by atoms with E-state index in [-0.39, 0.29) is 42.0 Å². The molecule has 5 heteroatoms. The summed E-state index contributed by atoms with van der Waals surface area (Å²) in [5.74, 6) is 0.420. The van der Waals surface area contributed by atoms with Gasteiger partial charge in [0, 0.05) is 25.0 Å². The van der Waals surface area contributed by atoms with Crippen LogP contribution in [0.1, 0.15) is 46.5 Å². The van der Waals surface area contributed by atoms with Crippen molar-refractivity contribution in [2.75, 3.05) is 13.1 Å². The number of carbonyl (C=O) groups is 1. The van der Waals surface area contributed by atoms with Crippen LogP contribution < -0.4 is 5.73 Å². The largest absolute Gasteiger partial charge is 0.369 e. The third-order valence-electron chi connectivity index (χ3n) is 3.95. The van der Waals surface area contributed by atoms with E-state index in [4.69, 9.17) is 10.5 Å². The van der Waals surface area contributed by atoms with Crippen molar-refractivity contribution in [3.05, 3.63) is 0 Å². The van der Waals surface area contributed by atoms with Gasteiger partial charge in [-0.2, -0.15) is 0 Å². The van der Waals surface area contributed by atoms with Gasteiger partial charge in [0.15, 0.2) is 0 Å². The Kier molecular flexibility index (Phi) is 5.65. The van der Waals surface area contributed by atoms with Crippen LogP contribution in [0.5, 0.6) is 0 Å². The summed E-state index contributed by atoms with van der Waals surface area (Å²) in [5.41, 5.74) is 5.75. The van der Waals surface area contributed by atoms with Gasteiger partial charge in [0.2, 0.25) is 5.91 Å². The first-order valence-corrected chi connectivity index (χ1v) is 7.09. The first kappa shape index (κ1) is 16.7. The van der Waals surface area contributed by atoms with E-state index in [0.717, 1.165) is 25.7 Å². The SMILES string of the molecule is CC1CN(C(=O)C2CCCC(N)C2)CC(C)(C)O1.Cl. The van der Waals surface area contributed by atoms with Crippen molar-refractivity contribution < 1.29 is 9.53 Å². The van der Waals surface area contributed by atoms with Crippen LogP contribution in [0.4, 0.5) is 0 Å². The number of ether oxygens (including phenoxy) is 1. The van der Waals surface area contributed by atoms with Gasteiger partial charge in [0.1, 0.15) is 0 Å². The first-order valence-electron chi connectivity index (χ1n) is 7.09. The Morgan fingerprint density at radius 3 is 2.63 bits per heavy atom. The normalized spacial score (nSPS) is 34.5. The molecule has 3 unspecified atom stereocenters. The van der Waals surface area contributed by atoms with Crippen molar-refractivity contribution in [1.82, 2.24) is 4.90 Å². The lowest BCUT2D eigenvalue weighted by Crippen LogP contribution is -2.55. The lowest BCUT2D eigenvalue weighted by atomic mass is 9.85. The molecule has 4 nitrogen and oxygen atoms in total. The van der Waals surface area contributed by atoms with E-state index < -0.39 is 0 Å². The van der Waals surface area contributed by atoms with Crippen molar-refractivity contribution in [3.63, 3.8) is 0 Å². The Morgan fingerprint density at radius 2 is 2.05 bits per heavy atom. The zero-order valence-electron chi connectivity index (χ0n) is 12.2. The minimum Gasteiger partial charge on any atom is -0.369 e. The molecule has 2 rings (SSSR count). The fourth-order valence-electron chi connectivity index (χ4n) is 3.33. The van der Waals surface area contributed by atoms with Gasteiger partial charge < -0.3 is 15.4 Å². The van der Waals surface area contributed by atoms with Crippen molar-refractivity contribution in [3.8, 4) is 0 Å².